The quantitative estimate of drug-likeness (QED) is 0.484. The summed E-state index contributed by atoms with van der Waals surface area (Å²) in [6.45, 7) is 1.83. The van der Waals surface area contributed by atoms with Gasteiger partial charge in [-0.3, -0.25) is 25.1 Å². The molecule has 5 rings (SSSR count). The second-order valence-electron chi connectivity index (χ2n) is 7.30. The number of hydrazine groups is 1. The maximum atomic E-state index is 13.1. The van der Waals surface area contributed by atoms with Crippen LogP contribution in [0.25, 0.3) is 21.6 Å². The van der Waals surface area contributed by atoms with Gasteiger partial charge in [0.25, 0.3) is 11.8 Å². The molecule has 0 radical (unpaired) electrons. The summed E-state index contributed by atoms with van der Waals surface area (Å²) in [5, 5.41) is 7.01. The van der Waals surface area contributed by atoms with Crippen LogP contribution in [0.1, 0.15) is 21.6 Å². The lowest BCUT2D eigenvalue weighted by atomic mass is 10.1. The minimum Gasteiger partial charge on any atom is -0.480 e. The van der Waals surface area contributed by atoms with Gasteiger partial charge in [0.15, 0.2) is 11.8 Å². The molecular weight excluding hydrogens is 414 g/mol. The Morgan fingerprint density at radius 3 is 2.81 bits per heavy atom. The van der Waals surface area contributed by atoms with Crippen molar-refractivity contribution in [3.8, 4) is 16.3 Å². The number of carbonyl (C=O) groups excluding carboxylic acids is 2. The van der Waals surface area contributed by atoms with Crippen LogP contribution in [0, 0.1) is 6.92 Å². The monoisotopic (exact) mass is 433 g/mol. The molecule has 0 fully saturated rings. The summed E-state index contributed by atoms with van der Waals surface area (Å²) in [6.07, 6.45) is -0.223. The standard InChI is InChI=1S/C22H19N5O3S/c1-12-19-14(11-15(18-8-5-9-31-18)23-20(19)27(2)26-12)21(28)24-25-22(29)17-10-13-6-3-4-7-16(13)30-17/h3-9,11,17H,10H2,1-2H3,(H,24,28)(H,25,29). The van der Waals surface area contributed by atoms with E-state index in [-0.39, 0.29) is 0 Å². The third-order valence-corrected chi connectivity index (χ3v) is 6.12. The third-order valence-electron chi connectivity index (χ3n) is 5.23. The summed E-state index contributed by atoms with van der Waals surface area (Å²) in [5.41, 5.74) is 8.36. The van der Waals surface area contributed by atoms with Crippen molar-refractivity contribution in [1.29, 1.82) is 0 Å². The lowest BCUT2D eigenvalue weighted by Crippen LogP contribution is -2.47. The molecule has 8 nitrogen and oxygen atoms in total. The molecule has 1 aromatic carbocycles. The van der Waals surface area contributed by atoms with E-state index < -0.39 is 17.9 Å². The van der Waals surface area contributed by atoms with E-state index in [1.807, 2.05) is 48.7 Å². The van der Waals surface area contributed by atoms with E-state index in [1.54, 1.807) is 17.8 Å². The van der Waals surface area contributed by atoms with Crippen molar-refractivity contribution in [2.24, 2.45) is 7.05 Å². The van der Waals surface area contributed by atoms with Crippen LogP contribution in [-0.4, -0.2) is 32.7 Å². The summed E-state index contributed by atoms with van der Waals surface area (Å²) in [5.74, 6) is -0.155. The van der Waals surface area contributed by atoms with Gasteiger partial charge in [-0.2, -0.15) is 5.10 Å². The highest BCUT2D eigenvalue weighted by Crippen LogP contribution is 2.30. The number of fused-ring (bicyclic) bond motifs is 2. The first-order valence-corrected chi connectivity index (χ1v) is 10.6. The zero-order chi connectivity index (χ0) is 21.5. The topological polar surface area (TPSA) is 98.1 Å². The Labute approximate surface area is 181 Å². The predicted octanol–water partition coefficient (Wildman–Crippen LogP) is 2.77. The molecule has 4 aromatic rings. The summed E-state index contributed by atoms with van der Waals surface area (Å²) < 4.78 is 7.34. The number of benzene rings is 1. The van der Waals surface area contributed by atoms with E-state index >= 15 is 0 Å². The smallest absolute Gasteiger partial charge is 0.279 e. The number of aromatic nitrogens is 3. The number of ether oxygens (including phenoxy) is 1. The number of para-hydroxylation sites is 1. The van der Waals surface area contributed by atoms with E-state index in [1.165, 1.54) is 11.3 Å². The number of hydrogen-bond donors (Lipinski definition) is 2. The minimum absolute atomic E-state index is 0.398. The number of amides is 2. The molecule has 3 aromatic heterocycles. The molecule has 31 heavy (non-hydrogen) atoms. The van der Waals surface area contributed by atoms with E-state index in [0.717, 1.165) is 10.4 Å². The van der Waals surface area contributed by atoms with Crippen molar-refractivity contribution in [2.45, 2.75) is 19.4 Å². The molecule has 0 saturated carbocycles. The lowest BCUT2D eigenvalue weighted by molar-refractivity contribution is -0.128. The normalized spacial score (nSPS) is 14.8. The first kappa shape index (κ1) is 19.3. The second kappa shape index (κ2) is 7.51. The fourth-order valence-corrected chi connectivity index (χ4v) is 4.46. The Hall–Kier alpha value is -3.72. The van der Waals surface area contributed by atoms with Gasteiger partial charge in [0, 0.05) is 13.5 Å². The minimum atomic E-state index is -0.683. The number of thiophene rings is 1. The Bertz CT molecular complexity index is 1290. The first-order valence-electron chi connectivity index (χ1n) is 9.74. The predicted molar refractivity (Wildman–Crippen MR) is 117 cm³/mol. The fourth-order valence-electron chi connectivity index (χ4n) is 3.77. The molecule has 9 heteroatoms. The summed E-state index contributed by atoms with van der Waals surface area (Å²) >= 11 is 1.54. The molecule has 1 unspecified atom stereocenters. The highest BCUT2D eigenvalue weighted by atomic mass is 32.1. The molecule has 0 aliphatic carbocycles. The highest BCUT2D eigenvalue weighted by molar-refractivity contribution is 7.13. The molecule has 1 aliphatic rings. The Morgan fingerprint density at radius 2 is 2.03 bits per heavy atom. The molecule has 2 N–H and O–H groups in total. The number of carbonyl (C=O) groups is 2. The van der Waals surface area contributed by atoms with Gasteiger partial charge in [-0.25, -0.2) is 4.98 Å². The van der Waals surface area contributed by atoms with Crippen LogP contribution >= 0.6 is 11.3 Å². The van der Waals surface area contributed by atoms with Crippen LogP contribution in [0.2, 0.25) is 0 Å². The van der Waals surface area contributed by atoms with E-state index in [9.17, 15) is 9.59 Å². The van der Waals surface area contributed by atoms with Crippen LogP contribution in [0.5, 0.6) is 5.75 Å². The SMILES string of the molecule is Cc1nn(C)c2nc(-c3cccs3)cc(C(=O)NNC(=O)C3Cc4ccccc4O3)c12. The van der Waals surface area contributed by atoms with E-state index in [4.69, 9.17) is 4.74 Å². The lowest BCUT2D eigenvalue weighted by Gasteiger charge is -2.13. The zero-order valence-electron chi connectivity index (χ0n) is 16.9. The van der Waals surface area contributed by atoms with Gasteiger partial charge < -0.3 is 4.74 Å². The Kier molecular flexibility index (Phi) is 4.67. The first-order chi connectivity index (χ1) is 15.0. The average Bonchev–Trinajstić information content (AvgIpc) is 3.51. The maximum Gasteiger partial charge on any atom is 0.279 e. The molecule has 0 bridgehead atoms. The summed E-state index contributed by atoms with van der Waals surface area (Å²) in [7, 11) is 1.79. The number of hydrogen-bond acceptors (Lipinski definition) is 6. The number of nitrogens with one attached hydrogen (secondary N) is 2. The van der Waals surface area contributed by atoms with Crippen LogP contribution < -0.4 is 15.6 Å². The van der Waals surface area contributed by atoms with Gasteiger partial charge in [-0.05, 0) is 36.1 Å². The van der Waals surface area contributed by atoms with Gasteiger partial charge >= 0.3 is 0 Å². The Balaban J connectivity index is 1.39. The van der Waals surface area contributed by atoms with Crippen molar-refractivity contribution < 1.29 is 14.3 Å². The zero-order valence-corrected chi connectivity index (χ0v) is 17.7. The van der Waals surface area contributed by atoms with Gasteiger partial charge in [-0.15, -0.1) is 11.3 Å². The van der Waals surface area contributed by atoms with Crippen molar-refractivity contribution in [1.82, 2.24) is 25.6 Å². The number of nitrogens with zero attached hydrogens (tertiary/aromatic N) is 3. The molecule has 156 valence electrons. The van der Waals surface area contributed by atoms with Gasteiger partial charge in [0.1, 0.15) is 5.75 Å². The third kappa shape index (κ3) is 3.42. The molecule has 4 heterocycles. The molecule has 1 atom stereocenters. The maximum absolute atomic E-state index is 13.1. The van der Waals surface area contributed by atoms with Gasteiger partial charge in [0.2, 0.25) is 0 Å². The summed E-state index contributed by atoms with van der Waals surface area (Å²) in [4.78, 5) is 31.2. The molecule has 1 aliphatic heterocycles. The van der Waals surface area contributed by atoms with Crippen LogP contribution in [0.4, 0.5) is 0 Å². The number of pyridine rings is 1. The van der Waals surface area contributed by atoms with Crippen LogP contribution in [0.15, 0.2) is 47.8 Å². The average molecular weight is 433 g/mol. The number of aryl methyl sites for hydroxylation is 2. The second-order valence-corrected chi connectivity index (χ2v) is 8.25. The molecular formula is C22H19N5O3S. The van der Waals surface area contributed by atoms with Crippen molar-refractivity contribution in [3.63, 3.8) is 0 Å². The van der Waals surface area contributed by atoms with Crippen LogP contribution in [0.3, 0.4) is 0 Å². The fraction of sp³-hybridized carbons (Fsp3) is 0.182. The summed E-state index contributed by atoms with van der Waals surface area (Å²) in [6, 6.07) is 13.1. The highest BCUT2D eigenvalue weighted by Gasteiger charge is 2.29. The van der Waals surface area contributed by atoms with Gasteiger partial charge in [-0.1, -0.05) is 24.3 Å². The molecule has 0 spiro atoms. The molecule has 2 amide bonds. The molecule has 0 saturated heterocycles. The largest absolute Gasteiger partial charge is 0.480 e. The van der Waals surface area contributed by atoms with Crippen LogP contribution in [-0.2, 0) is 18.3 Å². The number of rotatable bonds is 3. The van der Waals surface area contributed by atoms with Gasteiger partial charge in [0.05, 0.1) is 27.2 Å². The van der Waals surface area contributed by atoms with Crippen molar-refractivity contribution >= 4 is 34.2 Å². The van der Waals surface area contributed by atoms with Crippen molar-refractivity contribution in [3.05, 3.63) is 64.7 Å². The van der Waals surface area contributed by atoms with Crippen molar-refractivity contribution in [2.75, 3.05) is 0 Å². The van der Waals surface area contributed by atoms with E-state index in [0.29, 0.717) is 40.2 Å². The Morgan fingerprint density at radius 1 is 1.19 bits per heavy atom. The van der Waals surface area contributed by atoms with E-state index in [2.05, 4.69) is 20.9 Å².